The van der Waals surface area contributed by atoms with Gasteiger partial charge in [-0.1, -0.05) is 27.2 Å². The fraction of sp³-hybridized carbons (Fsp3) is 1.00. The summed E-state index contributed by atoms with van der Waals surface area (Å²) in [7, 11) is -4.61. The molecule has 0 bridgehead atoms. The van der Waals surface area contributed by atoms with E-state index >= 15 is 0 Å². The molecular weight excluding hydrogens is 451 g/mol. The summed E-state index contributed by atoms with van der Waals surface area (Å²) >= 11 is 0. The Morgan fingerprint density at radius 3 is 2.48 bits per heavy atom. The van der Waals surface area contributed by atoms with Gasteiger partial charge in [0.05, 0.1) is 18.8 Å². The van der Waals surface area contributed by atoms with Gasteiger partial charge in [0.15, 0.2) is 0 Å². The van der Waals surface area contributed by atoms with E-state index in [0.717, 1.165) is 32.1 Å². The van der Waals surface area contributed by atoms with E-state index in [9.17, 15) is 23.2 Å². The van der Waals surface area contributed by atoms with Crippen LogP contribution >= 0.6 is 0 Å². The van der Waals surface area contributed by atoms with Crippen molar-refractivity contribution in [2.24, 2.45) is 52.8 Å². The number of fused-ring (bicyclic) bond motifs is 5. The number of hydrogen-bond acceptors (Lipinski definition) is 6. The topological polar surface area (TPSA) is 107 Å². The molecule has 4 aliphatic carbocycles. The Morgan fingerprint density at radius 2 is 1.82 bits per heavy atom. The maximum absolute atomic E-state index is 11.6. The summed E-state index contributed by atoms with van der Waals surface area (Å²) in [4.78, 5) is 0. The molecular formula is C25H43NaO6S. The van der Waals surface area contributed by atoms with Gasteiger partial charge in [-0.25, -0.2) is 8.42 Å². The Bertz CT molecular complexity index is 762. The number of rotatable bonds is 7. The van der Waals surface area contributed by atoms with Crippen LogP contribution in [0.1, 0.15) is 85.0 Å². The van der Waals surface area contributed by atoms with Crippen LogP contribution in [0.2, 0.25) is 0 Å². The summed E-state index contributed by atoms with van der Waals surface area (Å²) < 4.78 is 36.5. The molecule has 3 unspecified atom stereocenters. The van der Waals surface area contributed by atoms with Crippen LogP contribution < -0.4 is 29.6 Å². The van der Waals surface area contributed by atoms with Gasteiger partial charge >= 0.3 is 29.6 Å². The summed E-state index contributed by atoms with van der Waals surface area (Å²) in [6.45, 7) is 6.89. The van der Waals surface area contributed by atoms with Crippen LogP contribution in [-0.4, -0.2) is 42.0 Å². The standard InChI is InChI=1S/C25H44O6S.Na/c1-4-17-20-14-16(26)7-8-18(20)19-11-12-25(3)21(9-10-22(25)23(19)24(17)27)15(2)6-5-13-31-32(28,29)30;/h15-24,26-27H,4-14H2,1-3H3,(H,28,29,30);/q;+1/p-1/t15-,16+,17-,18-,19?,20+,21-,22?,23?,24-,25-;/m1./s1. The molecule has 4 aliphatic rings. The molecule has 0 saturated heterocycles. The summed E-state index contributed by atoms with van der Waals surface area (Å²) in [6.07, 6.45) is 9.60. The van der Waals surface area contributed by atoms with Crippen molar-refractivity contribution in [2.45, 2.75) is 97.2 Å². The van der Waals surface area contributed by atoms with Gasteiger partial charge in [-0.2, -0.15) is 0 Å². The zero-order valence-corrected chi connectivity index (χ0v) is 23.8. The Balaban J connectivity index is 0.00000306. The normalized spacial score (nSPS) is 45.9. The van der Waals surface area contributed by atoms with E-state index in [-0.39, 0.29) is 53.8 Å². The van der Waals surface area contributed by atoms with E-state index in [1.807, 2.05) is 0 Å². The maximum atomic E-state index is 11.6. The molecule has 4 rings (SSSR count). The van der Waals surface area contributed by atoms with Gasteiger partial charge in [-0.15, -0.1) is 0 Å². The monoisotopic (exact) mass is 494 g/mol. The third-order valence-corrected chi connectivity index (χ3v) is 11.0. The first-order valence-corrected chi connectivity index (χ1v) is 14.4. The minimum Gasteiger partial charge on any atom is -0.726 e. The summed E-state index contributed by atoms with van der Waals surface area (Å²) in [5, 5.41) is 22.0. The molecule has 4 saturated carbocycles. The molecule has 4 fully saturated rings. The van der Waals surface area contributed by atoms with Crippen molar-refractivity contribution >= 4 is 10.4 Å². The fourth-order valence-electron chi connectivity index (χ4n) is 9.27. The first kappa shape index (κ1) is 28.4. The van der Waals surface area contributed by atoms with Crippen LogP contribution in [-0.2, 0) is 14.6 Å². The maximum Gasteiger partial charge on any atom is 1.00 e. The minimum absolute atomic E-state index is 0. The van der Waals surface area contributed by atoms with Crippen molar-refractivity contribution in [3.05, 3.63) is 0 Å². The average molecular weight is 495 g/mol. The Morgan fingerprint density at radius 1 is 1.09 bits per heavy atom. The molecule has 0 aromatic carbocycles. The van der Waals surface area contributed by atoms with Gasteiger partial charge in [0, 0.05) is 0 Å². The molecule has 0 aromatic heterocycles. The molecule has 2 N–H and O–H groups in total. The second-order valence-corrected chi connectivity index (χ2v) is 12.8. The van der Waals surface area contributed by atoms with Crippen molar-refractivity contribution < 1.29 is 56.9 Å². The number of aliphatic hydroxyl groups excluding tert-OH is 2. The molecule has 0 amide bonds. The molecule has 0 aromatic rings. The van der Waals surface area contributed by atoms with Gasteiger partial charge in [0.25, 0.3) is 0 Å². The quantitative estimate of drug-likeness (QED) is 0.238. The van der Waals surface area contributed by atoms with E-state index in [1.54, 1.807) is 0 Å². The zero-order chi connectivity index (χ0) is 23.3. The van der Waals surface area contributed by atoms with E-state index < -0.39 is 10.4 Å². The van der Waals surface area contributed by atoms with Crippen LogP contribution in [0.3, 0.4) is 0 Å². The summed E-state index contributed by atoms with van der Waals surface area (Å²) in [5.74, 6) is 3.96. The predicted octanol–water partition coefficient (Wildman–Crippen LogP) is 1.12. The van der Waals surface area contributed by atoms with Crippen LogP contribution in [0, 0.1) is 52.8 Å². The van der Waals surface area contributed by atoms with Gasteiger partial charge < -0.3 is 14.8 Å². The van der Waals surface area contributed by atoms with Crippen LogP contribution in [0.5, 0.6) is 0 Å². The van der Waals surface area contributed by atoms with Gasteiger partial charge in [-0.3, -0.25) is 4.18 Å². The largest absolute Gasteiger partial charge is 1.00 e. The first-order valence-electron chi connectivity index (χ1n) is 13.0. The van der Waals surface area contributed by atoms with Crippen molar-refractivity contribution in [1.29, 1.82) is 0 Å². The SMILES string of the molecule is CC[C@@H]1[C@@H]2C[C@@H](O)CC[C@@H]2C2CC[C@@]3(C)C(CC[C@@H]3[C@H](C)CCCOS(=O)(=O)[O-])C2[C@@H]1O.[Na+]. The zero-order valence-electron chi connectivity index (χ0n) is 21.0. The molecule has 0 heterocycles. The van der Waals surface area contributed by atoms with Crippen molar-refractivity contribution in [2.75, 3.05) is 6.61 Å². The Hall–Kier alpha value is 0.790. The van der Waals surface area contributed by atoms with Gasteiger partial charge in [-0.05, 0) is 111 Å². The van der Waals surface area contributed by atoms with E-state index in [4.69, 9.17) is 0 Å². The Kier molecular flexibility index (Phi) is 9.49. The van der Waals surface area contributed by atoms with Gasteiger partial charge in [0.2, 0.25) is 10.4 Å². The van der Waals surface area contributed by atoms with Crippen molar-refractivity contribution in [1.82, 2.24) is 0 Å². The van der Waals surface area contributed by atoms with E-state index in [0.29, 0.717) is 53.8 Å². The third-order valence-electron chi connectivity index (χ3n) is 10.5. The minimum atomic E-state index is -4.61. The molecule has 0 radical (unpaired) electrons. The van der Waals surface area contributed by atoms with Crippen LogP contribution in [0.25, 0.3) is 0 Å². The third kappa shape index (κ3) is 5.56. The van der Waals surface area contributed by atoms with E-state index in [2.05, 4.69) is 25.0 Å². The van der Waals surface area contributed by atoms with Crippen molar-refractivity contribution in [3.63, 3.8) is 0 Å². The first-order chi connectivity index (χ1) is 15.1. The Labute approximate surface area is 222 Å². The molecule has 33 heavy (non-hydrogen) atoms. The smallest absolute Gasteiger partial charge is 0.726 e. The van der Waals surface area contributed by atoms with E-state index in [1.165, 1.54) is 25.7 Å². The molecule has 6 nitrogen and oxygen atoms in total. The molecule has 0 aliphatic heterocycles. The predicted molar refractivity (Wildman–Crippen MR) is 121 cm³/mol. The molecule has 11 atom stereocenters. The van der Waals surface area contributed by atoms with Crippen LogP contribution in [0.15, 0.2) is 0 Å². The number of aliphatic hydroxyl groups is 2. The molecule has 0 spiro atoms. The van der Waals surface area contributed by atoms with Crippen molar-refractivity contribution in [3.8, 4) is 0 Å². The second kappa shape index (κ2) is 11.0. The summed E-state index contributed by atoms with van der Waals surface area (Å²) in [5.41, 5.74) is 0.215. The van der Waals surface area contributed by atoms with Gasteiger partial charge in [0.1, 0.15) is 0 Å². The average Bonchev–Trinajstić information content (AvgIpc) is 3.07. The second-order valence-electron chi connectivity index (χ2n) is 11.8. The molecule has 8 heteroatoms. The number of hydrogen-bond donors (Lipinski definition) is 2. The molecule has 186 valence electrons. The van der Waals surface area contributed by atoms with Crippen LogP contribution in [0.4, 0.5) is 0 Å². The summed E-state index contributed by atoms with van der Waals surface area (Å²) in [6, 6.07) is 0. The fourth-order valence-corrected chi connectivity index (χ4v) is 9.59.